The van der Waals surface area contributed by atoms with Crippen LogP contribution in [0.25, 0.3) is 11.0 Å². The van der Waals surface area contributed by atoms with Crippen molar-refractivity contribution in [2.75, 3.05) is 6.61 Å². The van der Waals surface area contributed by atoms with Gasteiger partial charge in [-0.2, -0.15) is 0 Å². The molecular weight excluding hydrogens is 306 g/mol. The van der Waals surface area contributed by atoms with Gasteiger partial charge in [0.2, 0.25) is 0 Å². The van der Waals surface area contributed by atoms with Gasteiger partial charge in [-0.05, 0) is 31.2 Å². The predicted molar refractivity (Wildman–Crippen MR) is 86.1 cm³/mol. The van der Waals surface area contributed by atoms with E-state index in [1.54, 1.807) is 17.8 Å². The molecule has 0 aliphatic rings. The average Bonchev–Trinajstić information content (AvgIpc) is 2.88. The van der Waals surface area contributed by atoms with E-state index in [2.05, 4.69) is 15.0 Å². The molecule has 1 aromatic carbocycles. The molecule has 108 valence electrons. The van der Waals surface area contributed by atoms with Crippen LogP contribution in [-0.4, -0.2) is 21.6 Å². The number of aromatic nitrogens is 3. The highest BCUT2D eigenvalue weighted by Gasteiger charge is 2.06. The highest BCUT2D eigenvalue weighted by Crippen LogP contribution is 2.25. The van der Waals surface area contributed by atoms with Crippen molar-refractivity contribution in [1.29, 1.82) is 0 Å². The first-order chi connectivity index (χ1) is 10.2. The van der Waals surface area contributed by atoms with Crippen molar-refractivity contribution in [2.45, 2.75) is 17.8 Å². The van der Waals surface area contributed by atoms with Crippen LogP contribution in [0, 0.1) is 0 Å². The summed E-state index contributed by atoms with van der Waals surface area (Å²) in [6.45, 7) is 2.62. The molecule has 21 heavy (non-hydrogen) atoms. The highest BCUT2D eigenvalue weighted by molar-refractivity contribution is 7.98. The Kier molecular flexibility index (Phi) is 4.31. The standard InChI is InChI=1S/C15H14ClN3OS/c1-2-20-11-6-7-12-13(8-11)19-15(18-12)21-9-10-4-3-5-14(16)17-10/h3-8H,2,9H2,1H3,(H,18,19). The number of aromatic amines is 1. The first-order valence-electron chi connectivity index (χ1n) is 6.61. The lowest BCUT2D eigenvalue weighted by atomic mass is 10.3. The van der Waals surface area contributed by atoms with Gasteiger partial charge in [0.25, 0.3) is 0 Å². The van der Waals surface area contributed by atoms with Gasteiger partial charge in [0.1, 0.15) is 10.9 Å². The molecule has 6 heteroatoms. The van der Waals surface area contributed by atoms with Crippen LogP contribution < -0.4 is 4.74 Å². The summed E-state index contributed by atoms with van der Waals surface area (Å²) in [7, 11) is 0. The lowest BCUT2D eigenvalue weighted by molar-refractivity contribution is 0.340. The second-order valence-electron chi connectivity index (χ2n) is 4.39. The van der Waals surface area contributed by atoms with Crippen LogP contribution in [0.15, 0.2) is 41.6 Å². The summed E-state index contributed by atoms with van der Waals surface area (Å²) in [6.07, 6.45) is 0. The number of thioether (sulfide) groups is 1. The summed E-state index contributed by atoms with van der Waals surface area (Å²) in [6, 6.07) is 11.5. The minimum absolute atomic E-state index is 0.513. The molecule has 0 atom stereocenters. The zero-order valence-electron chi connectivity index (χ0n) is 11.5. The number of benzene rings is 1. The van der Waals surface area contributed by atoms with Crippen LogP contribution >= 0.6 is 23.4 Å². The molecule has 0 amide bonds. The third-order valence-electron chi connectivity index (χ3n) is 2.87. The van der Waals surface area contributed by atoms with Gasteiger partial charge in [-0.25, -0.2) is 9.97 Å². The molecule has 1 N–H and O–H groups in total. The molecule has 0 fully saturated rings. The Morgan fingerprint density at radius 2 is 2.14 bits per heavy atom. The Balaban J connectivity index is 1.75. The maximum Gasteiger partial charge on any atom is 0.166 e. The topological polar surface area (TPSA) is 50.8 Å². The normalized spacial score (nSPS) is 11.0. The quantitative estimate of drug-likeness (QED) is 0.562. The second-order valence-corrected chi connectivity index (χ2v) is 5.75. The Bertz CT molecular complexity index is 760. The molecule has 0 unspecified atom stereocenters. The number of hydrogen-bond donors (Lipinski definition) is 1. The van der Waals surface area contributed by atoms with E-state index in [9.17, 15) is 0 Å². The monoisotopic (exact) mass is 319 g/mol. The maximum atomic E-state index is 5.88. The summed E-state index contributed by atoms with van der Waals surface area (Å²) in [5.74, 6) is 1.57. The number of imidazole rings is 1. The molecule has 3 rings (SSSR count). The van der Waals surface area contributed by atoms with Gasteiger partial charge in [0.15, 0.2) is 5.16 Å². The molecular formula is C15H14ClN3OS. The third kappa shape index (κ3) is 3.49. The molecule has 0 radical (unpaired) electrons. The number of H-pyrrole nitrogens is 1. The van der Waals surface area contributed by atoms with Crippen molar-refractivity contribution >= 4 is 34.4 Å². The van der Waals surface area contributed by atoms with Crippen molar-refractivity contribution in [3.8, 4) is 5.75 Å². The van der Waals surface area contributed by atoms with Gasteiger partial charge in [-0.15, -0.1) is 0 Å². The fraction of sp³-hybridized carbons (Fsp3) is 0.200. The zero-order valence-corrected chi connectivity index (χ0v) is 13.0. The first-order valence-corrected chi connectivity index (χ1v) is 7.98. The molecule has 0 aliphatic carbocycles. The van der Waals surface area contributed by atoms with Crippen LogP contribution in [0.1, 0.15) is 12.6 Å². The lowest BCUT2D eigenvalue weighted by Gasteiger charge is -2.00. The van der Waals surface area contributed by atoms with Gasteiger partial charge in [0, 0.05) is 11.8 Å². The lowest BCUT2D eigenvalue weighted by Crippen LogP contribution is -1.90. The summed E-state index contributed by atoms with van der Waals surface area (Å²) >= 11 is 7.48. The Labute approximate surface area is 131 Å². The fourth-order valence-electron chi connectivity index (χ4n) is 1.96. The minimum Gasteiger partial charge on any atom is -0.494 e. The van der Waals surface area contributed by atoms with E-state index in [1.165, 1.54) is 0 Å². The van der Waals surface area contributed by atoms with Gasteiger partial charge < -0.3 is 9.72 Å². The van der Waals surface area contributed by atoms with Crippen LogP contribution in [0.4, 0.5) is 0 Å². The van der Waals surface area contributed by atoms with Crippen LogP contribution in [-0.2, 0) is 5.75 Å². The molecule has 4 nitrogen and oxygen atoms in total. The van der Waals surface area contributed by atoms with Crippen LogP contribution in [0.5, 0.6) is 5.75 Å². The molecule has 3 aromatic rings. The summed E-state index contributed by atoms with van der Waals surface area (Å²) < 4.78 is 5.49. The predicted octanol–water partition coefficient (Wildman–Crippen LogP) is 4.30. The number of halogens is 1. The van der Waals surface area contributed by atoms with Crippen molar-refractivity contribution in [1.82, 2.24) is 15.0 Å². The summed E-state index contributed by atoms with van der Waals surface area (Å²) in [4.78, 5) is 12.1. The van der Waals surface area contributed by atoms with Crippen LogP contribution in [0.2, 0.25) is 5.15 Å². The van der Waals surface area contributed by atoms with E-state index in [1.807, 2.05) is 37.3 Å². The number of hydrogen-bond acceptors (Lipinski definition) is 4. The summed E-state index contributed by atoms with van der Waals surface area (Å²) in [5, 5.41) is 1.37. The zero-order chi connectivity index (χ0) is 14.7. The maximum absolute atomic E-state index is 5.88. The Hall–Kier alpha value is -1.72. The van der Waals surface area contributed by atoms with E-state index in [0.29, 0.717) is 11.8 Å². The highest BCUT2D eigenvalue weighted by atomic mass is 35.5. The van der Waals surface area contributed by atoms with Gasteiger partial charge in [-0.1, -0.05) is 29.4 Å². The molecule has 0 aliphatic heterocycles. The summed E-state index contributed by atoms with van der Waals surface area (Å²) in [5.41, 5.74) is 2.84. The van der Waals surface area contributed by atoms with Crippen LogP contribution in [0.3, 0.4) is 0 Å². The molecule has 0 bridgehead atoms. The molecule has 0 saturated carbocycles. The molecule has 0 spiro atoms. The van der Waals surface area contributed by atoms with Crippen molar-refractivity contribution in [2.24, 2.45) is 0 Å². The van der Waals surface area contributed by atoms with Gasteiger partial charge in [0.05, 0.1) is 23.3 Å². The fourth-order valence-corrected chi connectivity index (χ4v) is 2.93. The smallest absolute Gasteiger partial charge is 0.166 e. The number of nitrogens with zero attached hydrogens (tertiary/aromatic N) is 2. The van der Waals surface area contributed by atoms with E-state index in [4.69, 9.17) is 16.3 Å². The number of pyridine rings is 1. The Morgan fingerprint density at radius 3 is 2.95 bits per heavy atom. The second kappa shape index (κ2) is 6.37. The number of fused-ring (bicyclic) bond motifs is 1. The van der Waals surface area contributed by atoms with E-state index in [0.717, 1.165) is 33.4 Å². The SMILES string of the molecule is CCOc1ccc2nc(SCc3cccc(Cl)n3)[nH]c2c1. The van der Waals surface area contributed by atoms with Crippen molar-refractivity contribution < 1.29 is 4.74 Å². The molecule has 2 heterocycles. The minimum atomic E-state index is 0.513. The van der Waals surface area contributed by atoms with Crippen molar-refractivity contribution in [3.63, 3.8) is 0 Å². The number of nitrogens with one attached hydrogen (secondary N) is 1. The van der Waals surface area contributed by atoms with E-state index < -0.39 is 0 Å². The Morgan fingerprint density at radius 1 is 1.24 bits per heavy atom. The van der Waals surface area contributed by atoms with E-state index >= 15 is 0 Å². The number of ether oxygens (including phenoxy) is 1. The number of rotatable bonds is 5. The molecule has 2 aromatic heterocycles. The first kappa shape index (κ1) is 14.2. The van der Waals surface area contributed by atoms with Crippen molar-refractivity contribution in [3.05, 3.63) is 47.2 Å². The average molecular weight is 320 g/mol. The third-order valence-corrected chi connectivity index (χ3v) is 3.99. The molecule has 0 saturated heterocycles. The van der Waals surface area contributed by atoms with Gasteiger partial charge in [-0.3, -0.25) is 0 Å². The van der Waals surface area contributed by atoms with Gasteiger partial charge >= 0.3 is 0 Å². The largest absolute Gasteiger partial charge is 0.494 e. The van der Waals surface area contributed by atoms with E-state index in [-0.39, 0.29) is 0 Å².